The number of anilines is 2. The van der Waals surface area contributed by atoms with Crippen LogP contribution in [0.3, 0.4) is 0 Å². The quantitative estimate of drug-likeness (QED) is 0.439. The van der Waals surface area contributed by atoms with Gasteiger partial charge in [0.25, 0.3) is 0 Å². The molecule has 2 heterocycles. The lowest BCUT2D eigenvalue weighted by Gasteiger charge is -2.16. The number of carbonyl (C=O) groups is 1. The molecule has 1 amide bonds. The van der Waals surface area contributed by atoms with Crippen molar-refractivity contribution >= 4 is 40.0 Å². The Hall–Kier alpha value is -3.75. The van der Waals surface area contributed by atoms with Crippen LogP contribution in [0.1, 0.15) is 0 Å². The Labute approximate surface area is 196 Å². The van der Waals surface area contributed by atoms with Crippen molar-refractivity contribution in [3.8, 4) is 16.9 Å². The van der Waals surface area contributed by atoms with Crippen LogP contribution in [0.15, 0.2) is 67.0 Å². The largest absolute Gasteiger partial charge is 0.383 e. The monoisotopic (exact) mass is 461 g/mol. The minimum atomic E-state index is -0.118. The maximum absolute atomic E-state index is 12.6. The van der Waals surface area contributed by atoms with Gasteiger partial charge in [-0.3, -0.25) is 4.79 Å². The number of fused-ring (bicyclic) bond motifs is 1. The average molecular weight is 462 g/mol. The van der Waals surface area contributed by atoms with Crippen LogP contribution in [0.5, 0.6) is 0 Å². The summed E-state index contributed by atoms with van der Waals surface area (Å²) in [6.07, 6.45) is 4.82. The van der Waals surface area contributed by atoms with E-state index < -0.39 is 0 Å². The third-order valence-corrected chi connectivity index (χ3v) is 5.39. The number of carbonyl (C=O) groups excluding carboxylic acids is 1. The fraction of sp³-hybridized carbons (Fsp3) is 0.167. The van der Waals surface area contributed by atoms with Crippen LogP contribution in [0.4, 0.5) is 11.5 Å². The number of likely N-dealkylation sites (N-methyl/N-ethyl adjacent to an activating group) is 2. The summed E-state index contributed by atoms with van der Waals surface area (Å²) in [5.74, 6) is 0.221. The summed E-state index contributed by atoms with van der Waals surface area (Å²) >= 11 is 6.06. The maximum Gasteiger partial charge on any atom is 0.250 e. The van der Waals surface area contributed by atoms with Crippen molar-refractivity contribution in [2.24, 2.45) is 0 Å². The van der Waals surface area contributed by atoms with Gasteiger partial charge in [0, 0.05) is 35.9 Å². The van der Waals surface area contributed by atoms with Gasteiger partial charge in [-0.1, -0.05) is 35.9 Å². The number of aromatic nitrogens is 4. The van der Waals surface area contributed by atoms with E-state index in [-0.39, 0.29) is 5.91 Å². The molecular weight excluding hydrogens is 438 g/mol. The second kappa shape index (κ2) is 9.40. The van der Waals surface area contributed by atoms with Crippen LogP contribution in [0.2, 0.25) is 5.02 Å². The number of amides is 1. The number of nitrogens with two attached hydrogens (primary N) is 1. The lowest BCUT2D eigenvalue weighted by Crippen LogP contribution is -2.24. The zero-order valence-corrected chi connectivity index (χ0v) is 19.4. The summed E-state index contributed by atoms with van der Waals surface area (Å²) in [5, 5.41) is 6.09. The van der Waals surface area contributed by atoms with Gasteiger partial charge in [-0.2, -0.15) is 5.10 Å². The van der Waals surface area contributed by atoms with Gasteiger partial charge in [0.2, 0.25) is 5.91 Å². The molecule has 0 saturated heterocycles. The second-order valence-electron chi connectivity index (χ2n) is 7.81. The summed E-state index contributed by atoms with van der Waals surface area (Å²) in [6.45, 7) is 0.688. The van der Waals surface area contributed by atoms with E-state index in [1.807, 2.05) is 61.5 Å². The molecule has 0 aliphatic heterocycles. The Morgan fingerprint density at radius 1 is 1.12 bits per heavy atom. The van der Waals surface area contributed by atoms with Crippen LogP contribution >= 0.6 is 11.6 Å². The number of nitrogen functional groups attached to an aromatic ring is 1. The Morgan fingerprint density at radius 2 is 1.88 bits per heavy atom. The lowest BCUT2D eigenvalue weighted by molar-refractivity contribution is -0.113. The molecule has 0 bridgehead atoms. The molecule has 0 unspecified atom stereocenters. The first-order valence-electron chi connectivity index (χ1n) is 10.3. The summed E-state index contributed by atoms with van der Waals surface area (Å²) in [4.78, 5) is 24.8. The van der Waals surface area contributed by atoms with Crippen LogP contribution in [0, 0.1) is 0 Å². The van der Waals surface area contributed by atoms with Crippen LogP contribution in [-0.4, -0.2) is 58.2 Å². The molecule has 33 heavy (non-hydrogen) atoms. The van der Waals surface area contributed by atoms with Crippen molar-refractivity contribution in [3.05, 3.63) is 72.0 Å². The molecule has 0 fully saturated rings. The number of rotatable bonds is 6. The number of hydrogen-bond donors (Lipinski definition) is 1. The number of halogens is 1. The Balaban J connectivity index is 1.76. The molecule has 8 nitrogen and oxygen atoms in total. The lowest BCUT2D eigenvalue weighted by atomic mass is 10.1. The van der Waals surface area contributed by atoms with Crippen LogP contribution < -0.4 is 10.6 Å². The van der Waals surface area contributed by atoms with Crippen molar-refractivity contribution in [1.82, 2.24) is 24.6 Å². The SMILES string of the molecule is CN(C)C/C=C/C(=O)N(C)c1cccc(-n2nc(-c3ccc(Cl)cc3)c3c(N)ncnc32)c1. The van der Waals surface area contributed by atoms with Crippen LogP contribution in [0.25, 0.3) is 28.0 Å². The molecular formula is C24H24ClN7O. The predicted octanol–water partition coefficient (Wildman–Crippen LogP) is 3.80. The smallest absolute Gasteiger partial charge is 0.250 e. The molecule has 2 N–H and O–H groups in total. The van der Waals surface area contributed by atoms with Gasteiger partial charge in [0.05, 0.1) is 11.1 Å². The first-order valence-corrected chi connectivity index (χ1v) is 10.7. The van der Waals surface area contributed by atoms with Gasteiger partial charge in [0.15, 0.2) is 5.65 Å². The molecule has 0 aliphatic carbocycles. The summed E-state index contributed by atoms with van der Waals surface area (Å²) in [7, 11) is 5.64. The molecule has 2 aromatic heterocycles. The molecule has 9 heteroatoms. The molecule has 0 radical (unpaired) electrons. The molecule has 4 aromatic rings. The van der Waals surface area contributed by atoms with E-state index in [0.717, 1.165) is 16.9 Å². The number of benzene rings is 2. The molecule has 0 saturated carbocycles. The third-order valence-electron chi connectivity index (χ3n) is 5.13. The zero-order chi connectivity index (χ0) is 23.5. The fourth-order valence-corrected chi connectivity index (χ4v) is 3.53. The second-order valence-corrected chi connectivity index (χ2v) is 8.24. The first-order chi connectivity index (χ1) is 15.8. The van der Waals surface area contributed by atoms with E-state index in [2.05, 4.69) is 9.97 Å². The summed E-state index contributed by atoms with van der Waals surface area (Å²) in [6, 6.07) is 14.9. The van der Waals surface area contributed by atoms with E-state index in [1.54, 1.807) is 34.8 Å². The van der Waals surface area contributed by atoms with Gasteiger partial charge in [-0.05, 0) is 44.4 Å². The van der Waals surface area contributed by atoms with E-state index in [9.17, 15) is 4.79 Å². The van der Waals surface area contributed by atoms with E-state index >= 15 is 0 Å². The van der Waals surface area contributed by atoms with Crippen LogP contribution in [-0.2, 0) is 4.79 Å². The zero-order valence-electron chi connectivity index (χ0n) is 18.6. The highest BCUT2D eigenvalue weighted by atomic mass is 35.5. The van der Waals surface area contributed by atoms with Crippen molar-refractivity contribution in [2.45, 2.75) is 0 Å². The number of nitrogens with zero attached hydrogens (tertiary/aromatic N) is 6. The van der Waals surface area contributed by atoms with Gasteiger partial charge in [-0.15, -0.1) is 0 Å². The summed E-state index contributed by atoms with van der Waals surface area (Å²) in [5.41, 5.74) is 9.75. The van der Waals surface area contributed by atoms with E-state index in [4.69, 9.17) is 22.4 Å². The first kappa shape index (κ1) is 22.4. The topological polar surface area (TPSA) is 93.2 Å². The highest BCUT2D eigenvalue weighted by Gasteiger charge is 2.19. The number of hydrogen-bond acceptors (Lipinski definition) is 6. The fourth-order valence-electron chi connectivity index (χ4n) is 3.40. The molecule has 4 rings (SSSR count). The van der Waals surface area contributed by atoms with Crippen molar-refractivity contribution in [3.63, 3.8) is 0 Å². The van der Waals surface area contributed by atoms with Gasteiger partial charge in [-0.25, -0.2) is 14.6 Å². The van der Waals surface area contributed by atoms with Crippen molar-refractivity contribution in [2.75, 3.05) is 38.3 Å². The molecule has 0 aliphatic rings. The Bertz CT molecular complexity index is 1330. The third kappa shape index (κ3) is 4.72. The Kier molecular flexibility index (Phi) is 6.39. The highest BCUT2D eigenvalue weighted by molar-refractivity contribution is 6.30. The standard InChI is InChI=1S/C24H24ClN7O/c1-30(2)13-5-8-20(33)31(3)18-6-4-7-19(14-18)32-24-21(23(26)27-15-28-24)22(29-32)16-9-11-17(25)12-10-16/h4-12,14-15H,13H2,1-3H3,(H2,26,27,28)/b8-5+. The maximum atomic E-state index is 12.6. The molecule has 168 valence electrons. The highest BCUT2D eigenvalue weighted by Crippen LogP contribution is 2.32. The van der Waals surface area contributed by atoms with Gasteiger partial charge < -0.3 is 15.5 Å². The average Bonchev–Trinajstić information content (AvgIpc) is 3.20. The molecule has 0 atom stereocenters. The Morgan fingerprint density at radius 3 is 2.61 bits per heavy atom. The van der Waals surface area contributed by atoms with Gasteiger partial charge in [0.1, 0.15) is 17.8 Å². The minimum Gasteiger partial charge on any atom is -0.383 e. The van der Waals surface area contributed by atoms with E-state index in [0.29, 0.717) is 34.1 Å². The van der Waals surface area contributed by atoms with E-state index in [1.165, 1.54) is 6.33 Å². The van der Waals surface area contributed by atoms with Crippen molar-refractivity contribution < 1.29 is 4.79 Å². The molecule has 2 aromatic carbocycles. The normalized spacial score (nSPS) is 11.5. The molecule has 0 spiro atoms. The summed E-state index contributed by atoms with van der Waals surface area (Å²) < 4.78 is 1.71. The van der Waals surface area contributed by atoms with Crippen molar-refractivity contribution in [1.29, 1.82) is 0 Å². The predicted molar refractivity (Wildman–Crippen MR) is 133 cm³/mol. The minimum absolute atomic E-state index is 0.118. The van der Waals surface area contributed by atoms with Gasteiger partial charge >= 0.3 is 0 Å².